The third kappa shape index (κ3) is 2.28. The third-order valence-corrected chi connectivity index (χ3v) is 2.42. The minimum Gasteiger partial charge on any atom is -0.394 e. The maximum atomic E-state index is 10.9. The fourth-order valence-corrected chi connectivity index (χ4v) is 1.41. The lowest BCUT2D eigenvalue weighted by Crippen LogP contribution is -2.49. The molecule has 5 nitrogen and oxygen atoms in total. The molecule has 4 N–H and O–H groups in total. The summed E-state index contributed by atoms with van der Waals surface area (Å²) in [6.45, 7) is -0.746. The van der Waals surface area contributed by atoms with E-state index in [0.29, 0.717) is 0 Å². The molecular weight excluding hydrogens is 212 g/mol. The zero-order valence-electron chi connectivity index (χ0n) is 8.52. The van der Waals surface area contributed by atoms with Crippen molar-refractivity contribution in [2.24, 2.45) is 0 Å². The lowest BCUT2D eigenvalue weighted by atomic mass is 9.87. The highest BCUT2D eigenvalue weighted by molar-refractivity contribution is 5.67. The topological polar surface area (TPSA) is 98.0 Å². The van der Waals surface area contributed by atoms with E-state index < -0.39 is 24.4 Å². The summed E-state index contributed by atoms with van der Waals surface area (Å²) in [5.74, 6) is 0. The highest BCUT2D eigenvalue weighted by atomic mass is 16.4. The van der Waals surface area contributed by atoms with Crippen LogP contribution in [-0.2, 0) is 10.4 Å². The zero-order valence-corrected chi connectivity index (χ0v) is 8.52. The SMILES string of the molecule is O=C[C@](O)(c1ccccc1)[C@H](O)[C@H](O)CO. The van der Waals surface area contributed by atoms with E-state index in [1.807, 2.05) is 0 Å². The van der Waals surface area contributed by atoms with Gasteiger partial charge >= 0.3 is 0 Å². The van der Waals surface area contributed by atoms with Crippen molar-refractivity contribution in [1.82, 2.24) is 0 Å². The molecule has 5 heteroatoms. The molecule has 0 fully saturated rings. The van der Waals surface area contributed by atoms with Crippen molar-refractivity contribution >= 4 is 6.29 Å². The van der Waals surface area contributed by atoms with Crippen molar-refractivity contribution in [1.29, 1.82) is 0 Å². The number of hydrogen-bond donors (Lipinski definition) is 4. The first-order valence-corrected chi connectivity index (χ1v) is 4.77. The molecule has 0 saturated carbocycles. The van der Waals surface area contributed by atoms with Crippen molar-refractivity contribution in [2.45, 2.75) is 17.8 Å². The second-order valence-electron chi connectivity index (χ2n) is 3.50. The number of carbonyl (C=O) groups excluding carboxylic acids is 1. The summed E-state index contributed by atoms with van der Waals surface area (Å²) in [4.78, 5) is 10.9. The van der Waals surface area contributed by atoms with Crippen LogP contribution in [-0.4, -0.2) is 45.5 Å². The van der Waals surface area contributed by atoms with Crippen LogP contribution in [0.4, 0.5) is 0 Å². The predicted molar refractivity (Wildman–Crippen MR) is 55.5 cm³/mol. The number of aldehydes is 1. The first-order valence-electron chi connectivity index (χ1n) is 4.77. The molecule has 0 aliphatic rings. The molecule has 0 saturated heterocycles. The molecule has 1 aromatic carbocycles. The maximum absolute atomic E-state index is 10.9. The van der Waals surface area contributed by atoms with Crippen molar-refractivity contribution in [3.05, 3.63) is 35.9 Å². The summed E-state index contributed by atoms with van der Waals surface area (Å²) in [6.07, 6.45) is -3.22. The molecular formula is C11H14O5. The van der Waals surface area contributed by atoms with E-state index in [2.05, 4.69) is 0 Å². The van der Waals surface area contributed by atoms with E-state index in [1.54, 1.807) is 18.2 Å². The van der Waals surface area contributed by atoms with Crippen molar-refractivity contribution in [3.63, 3.8) is 0 Å². The molecule has 0 aliphatic carbocycles. The van der Waals surface area contributed by atoms with E-state index in [-0.39, 0.29) is 11.8 Å². The molecule has 0 amide bonds. The van der Waals surface area contributed by atoms with Crippen molar-refractivity contribution < 1.29 is 25.2 Å². The highest BCUT2D eigenvalue weighted by Gasteiger charge is 2.41. The molecule has 0 aliphatic heterocycles. The Balaban J connectivity index is 3.07. The van der Waals surface area contributed by atoms with Gasteiger partial charge in [0, 0.05) is 0 Å². The average Bonchev–Trinajstić information content (AvgIpc) is 2.37. The highest BCUT2D eigenvalue weighted by Crippen LogP contribution is 2.24. The molecule has 16 heavy (non-hydrogen) atoms. The van der Waals surface area contributed by atoms with Crippen LogP contribution in [0.2, 0.25) is 0 Å². The number of hydrogen-bond acceptors (Lipinski definition) is 5. The molecule has 0 aromatic heterocycles. The minimum atomic E-state index is -2.22. The molecule has 0 heterocycles. The number of rotatable bonds is 5. The van der Waals surface area contributed by atoms with Gasteiger partial charge in [-0.25, -0.2) is 0 Å². The van der Waals surface area contributed by atoms with Crippen LogP contribution < -0.4 is 0 Å². The van der Waals surface area contributed by atoms with Gasteiger partial charge < -0.3 is 20.4 Å². The van der Waals surface area contributed by atoms with Gasteiger partial charge in [-0.15, -0.1) is 0 Å². The summed E-state index contributed by atoms with van der Waals surface area (Å²) in [7, 11) is 0. The van der Waals surface area contributed by atoms with E-state index >= 15 is 0 Å². The number of benzene rings is 1. The van der Waals surface area contributed by atoms with Crippen LogP contribution in [0, 0.1) is 0 Å². The monoisotopic (exact) mass is 226 g/mol. The fraction of sp³-hybridized carbons (Fsp3) is 0.364. The van der Waals surface area contributed by atoms with Gasteiger partial charge in [0.1, 0.15) is 12.2 Å². The first-order chi connectivity index (χ1) is 7.56. The summed E-state index contributed by atoms with van der Waals surface area (Å²) in [5.41, 5.74) is -2.06. The largest absolute Gasteiger partial charge is 0.394 e. The molecule has 1 aromatic rings. The van der Waals surface area contributed by atoms with E-state index in [9.17, 15) is 20.1 Å². The average molecular weight is 226 g/mol. The van der Waals surface area contributed by atoms with Gasteiger partial charge in [-0.1, -0.05) is 30.3 Å². The number of aliphatic hydroxyl groups excluding tert-OH is 3. The predicted octanol–water partition coefficient (Wildman–Crippen LogP) is -1.21. The number of aliphatic hydroxyl groups is 4. The van der Waals surface area contributed by atoms with Gasteiger partial charge in [0.15, 0.2) is 11.9 Å². The second kappa shape index (κ2) is 5.18. The standard InChI is InChI=1S/C11H14O5/c12-6-9(14)10(15)11(16,7-13)8-4-2-1-3-5-8/h1-5,7,9-10,12,14-16H,6H2/t9-,10-,11+/m1/s1. The molecule has 1 rings (SSSR count). The summed E-state index contributed by atoms with van der Waals surface area (Å²) < 4.78 is 0. The van der Waals surface area contributed by atoms with Gasteiger partial charge in [-0.3, -0.25) is 4.79 Å². The molecule has 0 spiro atoms. The Bertz CT molecular complexity index is 339. The van der Waals surface area contributed by atoms with Crippen LogP contribution in [0.3, 0.4) is 0 Å². The molecule has 0 unspecified atom stereocenters. The minimum absolute atomic E-state index is 0.145. The van der Waals surface area contributed by atoms with Gasteiger partial charge in [0.05, 0.1) is 6.61 Å². The smallest absolute Gasteiger partial charge is 0.173 e. The van der Waals surface area contributed by atoms with Crippen molar-refractivity contribution in [2.75, 3.05) is 6.61 Å². The molecule has 88 valence electrons. The number of carbonyl (C=O) groups is 1. The van der Waals surface area contributed by atoms with Crippen LogP contribution in [0.15, 0.2) is 30.3 Å². The van der Waals surface area contributed by atoms with Gasteiger partial charge in [-0.2, -0.15) is 0 Å². The Morgan fingerprint density at radius 3 is 2.25 bits per heavy atom. The normalized spacial score (nSPS) is 18.5. The lowest BCUT2D eigenvalue weighted by molar-refractivity contribution is -0.156. The second-order valence-corrected chi connectivity index (χ2v) is 3.50. The lowest BCUT2D eigenvalue weighted by Gasteiger charge is -2.30. The zero-order chi connectivity index (χ0) is 12.2. The van der Waals surface area contributed by atoms with Crippen molar-refractivity contribution in [3.8, 4) is 0 Å². The molecule has 0 radical (unpaired) electrons. The third-order valence-electron chi connectivity index (χ3n) is 2.42. The van der Waals surface area contributed by atoms with E-state index in [0.717, 1.165) is 0 Å². The maximum Gasteiger partial charge on any atom is 0.173 e. The van der Waals surface area contributed by atoms with Crippen LogP contribution >= 0.6 is 0 Å². The quantitative estimate of drug-likeness (QED) is 0.472. The summed E-state index contributed by atoms with van der Waals surface area (Å²) in [5, 5.41) is 37.5. The fourth-order valence-electron chi connectivity index (χ4n) is 1.41. The summed E-state index contributed by atoms with van der Waals surface area (Å²) >= 11 is 0. The Morgan fingerprint density at radius 2 is 1.81 bits per heavy atom. The van der Waals surface area contributed by atoms with E-state index in [1.165, 1.54) is 12.1 Å². The van der Waals surface area contributed by atoms with Crippen LogP contribution in [0.1, 0.15) is 5.56 Å². The Hall–Kier alpha value is -1.27. The molecule has 0 bridgehead atoms. The Kier molecular flexibility index (Phi) is 4.14. The van der Waals surface area contributed by atoms with Gasteiger partial charge in [0.25, 0.3) is 0 Å². The van der Waals surface area contributed by atoms with Gasteiger partial charge in [0.2, 0.25) is 0 Å². The van der Waals surface area contributed by atoms with Crippen LogP contribution in [0.25, 0.3) is 0 Å². The molecule has 3 atom stereocenters. The van der Waals surface area contributed by atoms with Gasteiger partial charge in [-0.05, 0) is 5.56 Å². The van der Waals surface area contributed by atoms with E-state index in [4.69, 9.17) is 5.11 Å². The Morgan fingerprint density at radius 1 is 1.25 bits per heavy atom. The summed E-state index contributed by atoms with van der Waals surface area (Å²) in [6, 6.07) is 7.75. The van der Waals surface area contributed by atoms with Crippen LogP contribution in [0.5, 0.6) is 0 Å². The Labute approximate surface area is 92.6 Å². The first kappa shape index (κ1) is 12.8.